The fourth-order valence-electron chi connectivity index (χ4n) is 2.29. The van der Waals surface area contributed by atoms with Crippen LogP contribution in [0, 0.1) is 0 Å². The molecule has 0 aliphatic rings. The maximum Gasteiger partial charge on any atom is 0.306 e. The number of carbonyl (C=O) groups is 1. The maximum atomic E-state index is 12.0. The normalized spacial score (nSPS) is 10.5. The number of aryl methyl sites for hydroxylation is 1. The van der Waals surface area contributed by atoms with Crippen molar-refractivity contribution in [2.45, 2.75) is 19.4 Å². The first-order valence-corrected chi connectivity index (χ1v) is 8.85. The number of nitrogens with zero attached hydrogens (tertiary/aromatic N) is 2. The number of thiophene rings is 1. The van der Waals surface area contributed by atoms with Crippen molar-refractivity contribution in [1.29, 1.82) is 0 Å². The summed E-state index contributed by atoms with van der Waals surface area (Å²) < 4.78 is 21.3. The molecule has 3 rings (SSSR count). The zero-order valence-corrected chi connectivity index (χ0v) is 15.2. The van der Waals surface area contributed by atoms with Gasteiger partial charge in [0.25, 0.3) is 0 Å². The topological polar surface area (TPSA) is 83.7 Å². The molecule has 0 fully saturated rings. The zero-order chi connectivity index (χ0) is 18.4. The van der Waals surface area contributed by atoms with Crippen molar-refractivity contribution >= 4 is 17.3 Å². The Hall–Kier alpha value is -2.87. The predicted molar refractivity (Wildman–Crippen MR) is 95.3 cm³/mol. The molecule has 0 unspecified atom stereocenters. The van der Waals surface area contributed by atoms with Crippen molar-refractivity contribution in [3.05, 3.63) is 46.5 Å². The van der Waals surface area contributed by atoms with Gasteiger partial charge in [-0.15, -0.1) is 10.2 Å². The Labute approximate surface area is 154 Å². The van der Waals surface area contributed by atoms with Gasteiger partial charge in [-0.05, 0) is 29.6 Å². The van der Waals surface area contributed by atoms with Crippen LogP contribution in [0.15, 0.2) is 39.4 Å². The van der Waals surface area contributed by atoms with Gasteiger partial charge in [0.05, 0.1) is 20.6 Å². The molecule has 0 radical (unpaired) electrons. The van der Waals surface area contributed by atoms with E-state index in [2.05, 4.69) is 10.2 Å². The number of esters is 1. The standard InChI is InChI=1S/C18H18N2O5S/c1-22-14-3-4-15(23-2)13(9-14)10-24-17(21)6-5-16-19-20-18(25-16)12-7-8-26-11-12/h3-4,7-9,11H,5-6,10H2,1-2H3. The molecule has 0 N–H and O–H groups in total. The number of benzene rings is 1. The Morgan fingerprint density at radius 2 is 2.08 bits per heavy atom. The molecule has 7 nitrogen and oxygen atoms in total. The molecular formula is C18H18N2O5S. The van der Waals surface area contributed by atoms with Crippen molar-refractivity contribution in [3.8, 4) is 23.0 Å². The van der Waals surface area contributed by atoms with Crippen LogP contribution in [0.4, 0.5) is 0 Å². The van der Waals surface area contributed by atoms with E-state index in [1.807, 2.05) is 16.8 Å². The lowest BCUT2D eigenvalue weighted by atomic mass is 10.2. The Bertz CT molecular complexity index is 860. The van der Waals surface area contributed by atoms with E-state index < -0.39 is 0 Å². The van der Waals surface area contributed by atoms with Crippen LogP contribution in [0.3, 0.4) is 0 Å². The molecule has 0 amide bonds. The van der Waals surface area contributed by atoms with Gasteiger partial charge in [0.15, 0.2) is 0 Å². The van der Waals surface area contributed by atoms with E-state index in [4.69, 9.17) is 18.6 Å². The lowest BCUT2D eigenvalue weighted by Gasteiger charge is -2.10. The third-order valence-electron chi connectivity index (χ3n) is 3.65. The van der Waals surface area contributed by atoms with Gasteiger partial charge >= 0.3 is 5.97 Å². The minimum atomic E-state index is -0.356. The zero-order valence-electron chi connectivity index (χ0n) is 14.4. The summed E-state index contributed by atoms with van der Waals surface area (Å²) in [5.41, 5.74) is 1.61. The highest BCUT2D eigenvalue weighted by molar-refractivity contribution is 7.08. The van der Waals surface area contributed by atoms with Crippen LogP contribution in [-0.2, 0) is 22.6 Å². The quantitative estimate of drug-likeness (QED) is 0.558. The molecule has 0 saturated heterocycles. The SMILES string of the molecule is COc1ccc(OC)c(COC(=O)CCc2nnc(-c3ccsc3)o2)c1. The van der Waals surface area contributed by atoms with E-state index in [1.54, 1.807) is 43.8 Å². The van der Waals surface area contributed by atoms with Gasteiger partial charge in [0.1, 0.15) is 18.1 Å². The first-order chi connectivity index (χ1) is 12.7. The number of hydrogen-bond donors (Lipinski definition) is 0. The summed E-state index contributed by atoms with van der Waals surface area (Å²) in [6.07, 6.45) is 0.475. The number of ether oxygens (including phenoxy) is 3. The fourth-order valence-corrected chi connectivity index (χ4v) is 2.92. The fraction of sp³-hybridized carbons (Fsp3) is 0.278. The van der Waals surface area contributed by atoms with Crippen LogP contribution in [0.2, 0.25) is 0 Å². The molecule has 0 aliphatic heterocycles. The molecule has 0 saturated carbocycles. The highest BCUT2D eigenvalue weighted by Gasteiger charge is 2.13. The van der Waals surface area contributed by atoms with E-state index >= 15 is 0 Å². The molecule has 0 aliphatic carbocycles. The molecule has 1 aromatic carbocycles. The average Bonchev–Trinajstić information content (AvgIpc) is 3.35. The number of methoxy groups -OCH3 is 2. The van der Waals surface area contributed by atoms with E-state index in [9.17, 15) is 4.79 Å². The minimum absolute atomic E-state index is 0.100. The predicted octanol–water partition coefficient (Wildman–Crippen LogP) is 3.49. The Balaban J connectivity index is 1.52. The average molecular weight is 374 g/mol. The second kappa shape index (κ2) is 8.48. The Morgan fingerprint density at radius 3 is 2.81 bits per heavy atom. The van der Waals surface area contributed by atoms with E-state index in [-0.39, 0.29) is 19.0 Å². The van der Waals surface area contributed by atoms with Crippen molar-refractivity contribution in [3.63, 3.8) is 0 Å². The molecule has 0 atom stereocenters. The summed E-state index contributed by atoms with van der Waals surface area (Å²) in [6, 6.07) is 7.23. The van der Waals surface area contributed by atoms with Crippen LogP contribution in [0.5, 0.6) is 11.5 Å². The molecule has 26 heavy (non-hydrogen) atoms. The third-order valence-corrected chi connectivity index (χ3v) is 4.34. The highest BCUT2D eigenvalue weighted by Crippen LogP contribution is 2.25. The largest absolute Gasteiger partial charge is 0.497 e. The third kappa shape index (κ3) is 4.40. The van der Waals surface area contributed by atoms with Gasteiger partial charge in [-0.25, -0.2) is 0 Å². The molecule has 0 bridgehead atoms. The Morgan fingerprint density at radius 1 is 1.19 bits per heavy atom. The van der Waals surface area contributed by atoms with E-state index in [0.29, 0.717) is 29.7 Å². The molecule has 136 valence electrons. The minimum Gasteiger partial charge on any atom is -0.497 e. The number of rotatable bonds is 8. The number of hydrogen-bond acceptors (Lipinski definition) is 8. The van der Waals surface area contributed by atoms with E-state index in [1.165, 1.54) is 0 Å². The van der Waals surface area contributed by atoms with Gasteiger partial charge in [-0.2, -0.15) is 11.3 Å². The van der Waals surface area contributed by atoms with Crippen LogP contribution in [0.1, 0.15) is 17.9 Å². The molecule has 2 aromatic heterocycles. The second-order valence-corrected chi connectivity index (χ2v) is 6.13. The first kappa shape index (κ1) is 17.9. The maximum absolute atomic E-state index is 12.0. The van der Waals surface area contributed by atoms with Gasteiger partial charge in [0, 0.05) is 22.9 Å². The smallest absolute Gasteiger partial charge is 0.306 e. The first-order valence-electron chi connectivity index (χ1n) is 7.91. The summed E-state index contributed by atoms with van der Waals surface area (Å²) in [7, 11) is 3.14. The lowest BCUT2D eigenvalue weighted by Crippen LogP contribution is -2.07. The summed E-state index contributed by atoms with van der Waals surface area (Å²) in [4.78, 5) is 12.0. The molecule has 0 spiro atoms. The van der Waals surface area contributed by atoms with Crippen LogP contribution < -0.4 is 9.47 Å². The van der Waals surface area contributed by atoms with Crippen molar-refractivity contribution in [1.82, 2.24) is 10.2 Å². The Kier molecular flexibility index (Phi) is 5.85. The summed E-state index contributed by atoms with van der Waals surface area (Å²) in [5.74, 6) is 1.81. The van der Waals surface area contributed by atoms with Crippen LogP contribution in [-0.4, -0.2) is 30.4 Å². The van der Waals surface area contributed by atoms with Crippen LogP contribution >= 0.6 is 11.3 Å². The van der Waals surface area contributed by atoms with Gasteiger partial charge in [0.2, 0.25) is 11.8 Å². The molecule has 2 heterocycles. The number of aromatic nitrogens is 2. The summed E-state index contributed by atoms with van der Waals surface area (Å²) >= 11 is 1.55. The molecule has 8 heteroatoms. The molecular weight excluding hydrogens is 356 g/mol. The summed E-state index contributed by atoms with van der Waals surface area (Å²) in [6.45, 7) is 0.100. The van der Waals surface area contributed by atoms with Crippen molar-refractivity contribution in [2.24, 2.45) is 0 Å². The monoisotopic (exact) mass is 374 g/mol. The van der Waals surface area contributed by atoms with Gasteiger partial charge in [-0.3, -0.25) is 4.79 Å². The van der Waals surface area contributed by atoms with Crippen molar-refractivity contribution < 1.29 is 23.4 Å². The van der Waals surface area contributed by atoms with Gasteiger partial charge < -0.3 is 18.6 Å². The van der Waals surface area contributed by atoms with Crippen molar-refractivity contribution in [2.75, 3.05) is 14.2 Å². The van der Waals surface area contributed by atoms with E-state index in [0.717, 1.165) is 11.1 Å². The summed E-state index contributed by atoms with van der Waals surface area (Å²) in [5, 5.41) is 11.8. The molecule has 3 aromatic rings. The number of carbonyl (C=O) groups excluding carboxylic acids is 1. The van der Waals surface area contributed by atoms with Crippen LogP contribution in [0.25, 0.3) is 11.5 Å². The lowest BCUT2D eigenvalue weighted by molar-refractivity contribution is -0.145. The van der Waals surface area contributed by atoms with Gasteiger partial charge in [-0.1, -0.05) is 0 Å². The highest BCUT2D eigenvalue weighted by atomic mass is 32.1. The second-order valence-electron chi connectivity index (χ2n) is 5.35.